The zero-order valence-corrected chi connectivity index (χ0v) is 21.1. The van der Waals surface area contributed by atoms with Crippen LogP contribution in [0.3, 0.4) is 0 Å². The predicted octanol–water partition coefficient (Wildman–Crippen LogP) is 9.67. The fourth-order valence-corrected chi connectivity index (χ4v) is 4.41. The van der Waals surface area contributed by atoms with E-state index in [9.17, 15) is 0 Å². The van der Waals surface area contributed by atoms with Gasteiger partial charge in [-0.15, -0.1) is 0 Å². The molecule has 0 radical (unpaired) electrons. The van der Waals surface area contributed by atoms with E-state index in [4.69, 9.17) is 0 Å². The number of rotatable bonds is 6. The van der Waals surface area contributed by atoms with Crippen LogP contribution in [0.25, 0.3) is 11.6 Å². The molecule has 0 saturated heterocycles. The summed E-state index contributed by atoms with van der Waals surface area (Å²) in [5.41, 5.74) is 12.0. The quantitative estimate of drug-likeness (QED) is 0.226. The molecule has 0 saturated carbocycles. The lowest BCUT2D eigenvalue weighted by molar-refractivity contribution is 1.27. The van der Waals surface area contributed by atoms with Crippen molar-refractivity contribution in [3.05, 3.63) is 161 Å². The summed E-state index contributed by atoms with van der Waals surface area (Å²) >= 11 is 0. The van der Waals surface area contributed by atoms with Crippen molar-refractivity contribution in [1.82, 2.24) is 0 Å². The highest BCUT2D eigenvalue weighted by Crippen LogP contribution is 2.35. The van der Waals surface area contributed by atoms with Gasteiger partial charge in [0.2, 0.25) is 0 Å². The van der Waals surface area contributed by atoms with Gasteiger partial charge in [0.25, 0.3) is 0 Å². The van der Waals surface area contributed by atoms with Gasteiger partial charge in [-0.1, -0.05) is 108 Å². The van der Waals surface area contributed by atoms with Crippen LogP contribution in [0.4, 0.5) is 17.1 Å². The number of benzene rings is 5. The molecule has 1 heteroatoms. The van der Waals surface area contributed by atoms with Crippen LogP contribution < -0.4 is 4.90 Å². The van der Waals surface area contributed by atoms with E-state index in [0.29, 0.717) is 0 Å². The second kappa shape index (κ2) is 10.5. The smallest absolute Gasteiger partial charge is 0.0462 e. The Balaban J connectivity index is 1.55. The molecule has 1 nitrogen and oxygen atoms in total. The van der Waals surface area contributed by atoms with Gasteiger partial charge in [-0.25, -0.2) is 0 Å². The van der Waals surface area contributed by atoms with Gasteiger partial charge in [-0.2, -0.15) is 0 Å². The molecule has 36 heavy (non-hydrogen) atoms. The van der Waals surface area contributed by atoms with E-state index < -0.39 is 0 Å². The summed E-state index contributed by atoms with van der Waals surface area (Å²) in [6.07, 6.45) is 2.28. The first kappa shape index (κ1) is 23.4. The summed E-state index contributed by atoms with van der Waals surface area (Å²) in [6, 6.07) is 45.7. The Hall–Kier alpha value is -4.36. The Labute approximate surface area is 215 Å². The van der Waals surface area contributed by atoms with Crippen LogP contribution in [0.2, 0.25) is 0 Å². The minimum atomic E-state index is 1.14. The van der Waals surface area contributed by atoms with E-state index in [0.717, 1.165) is 17.1 Å². The van der Waals surface area contributed by atoms with E-state index in [1.807, 2.05) is 0 Å². The number of hydrogen-bond acceptors (Lipinski definition) is 1. The summed E-state index contributed by atoms with van der Waals surface area (Å²) in [4.78, 5) is 2.31. The van der Waals surface area contributed by atoms with E-state index in [1.54, 1.807) is 0 Å². The minimum Gasteiger partial charge on any atom is -0.311 e. The summed E-state index contributed by atoms with van der Waals surface area (Å²) in [5, 5.41) is 0. The van der Waals surface area contributed by atoms with Gasteiger partial charge >= 0.3 is 0 Å². The first-order valence-electron chi connectivity index (χ1n) is 12.4. The largest absolute Gasteiger partial charge is 0.311 e. The summed E-state index contributed by atoms with van der Waals surface area (Å²) < 4.78 is 0. The second-order valence-electron chi connectivity index (χ2n) is 9.39. The number of nitrogens with zero attached hydrogens (tertiary/aromatic N) is 1. The van der Waals surface area contributed by atoms with Crippen molar-refractivity contribution in [2.75, 3.05) is 4.90 Å². The van der Waals surface area contributed by atoms with E-state index in [2.05, 4.69) is 159 Å². The molecule has 0 fully saturated rings. The fourth-order valence-electron chi connectivity index (χ4n) is 4.41. The Bertz CT molecular complexity index is 1400. The third-order valence-corrected chi connectivity index (χ3v) is 6.49. The van der Waals surface area contributed by atoms with Crippen molar-refractivity contribution in [2.45, 2.75) is 20.8 Å². The van der Waals surface area contributed by atoms with Gasteiger partial charge in [-0.05, 0) is 85.5 Å². The molecule has 0 amide bonds. The first-order chi connectivity index (χ1) is 17.6. The highest BCUT2D eigenvalue weighted by atomic mass is 15.1. The fraction of sp³-hybridized carbons (Fsp3) is 0.0857. The Morgan fingerprint density at radius 2 is 0.833 bits per heavy atom. The monoisotopic (exact) mass is 465 g/mol. The lowest BCUT2D eigenvalue weighted by Gasteiger charge is -2.26. The molecule has 176 valence electrons. The molecular formula is C35H31N. The van der Waals surface area contributed by atoms with Crippen LogP contribution in [0.15, 0.2) is 127 Å². The third-order valence-electron chi connectivity index (χ3n) is 6.49. The average Bonchev–Trinajstić information content (AvgIpc) is 2.91. The number of anilines is 3. The third kappa shape index (κ3) is 5.31. The lowest BCUT2D eigenvalue weighted by Crippen LogP contribution is -2.09. The van der Waals surface area contributed by atoms with Gasteiger partial charge < -0.3 is 4.90 Å². The average molecular weight is 466 g/mol. The maximum atomic E-state index is 2.31. The molecular weight excluding hydrogens is 434 g/mol. The van der Waals surface area contributed by atoms with Crippen LogP contribution in [-0.2, 0) is 0 Å². The van der Waals surface area contributed by atoms with Crippen molar-refractivity contribution in [2.24, 2.45) is 0 Å². The van der Waals surface area contributed by atoms with Gasteiger partial charge in [-0.3, -0.25) is 0 Å². The predicted molar refractivity (Wildman–Crippen MR) is 155 cm³/mol. The zero-order valence-electron chi connectivity index (χ0n) is 21.1. The van der Waals surface area contributed by atoms with Gasteiger partial charge in [0, 0.05) is 17.1 Å². The molecule has 5 rings (SSSR count). The van der Waals surface area contributed by atoms with Crippen LogP contribution in [-0.4, -0.2) is 0 Å². The van der Waals surface area contributed by atoms with Crippen molar-refractivity contribution < 1.29 is 0 Å². The molecule has 0 bridgehead atoms. The van der Waals surface area contributed by atoms with Crippen molar-refractivity contribution in [3.63, 3.8) is 0 Å². The van der Waals surface area contributed by atoms with E-state index >= 15 is 0 Å². The zero-order chi connectivity index (χ0) is 24.9. The molecule has 0 aliphatic rings. The van der Waals surface area contributed by atoms with Crippen molar-refractivity contribution >= 4 is 28.7 Å². The highest BCUT2D eigenvalue weighted by molar-refractivity contribution is 5.91. The molecule has 0 atom stereocenters. The van der Waals surface area contributed by atoms with Crippen molar-refractivity contribution in [3.8, 4) is 0 Å². The van der Waals surface area contributed by atoms with Crippen LogP contribution >= 0.6 is 0 Å². The second-order valence-corrected chi connectivity index (χ2v) is 9.39. The van der Waals surface area contributed by atoms with E-state index in [-0.39, 0.29) is 0 Å². The normalized spacial score (nSPS) is 11.4. The topological polar surface area (TPSA) is 3.24 Å². The van der Waals surface area contributed by atoms with Crippen molar-refractivity contribution in [1.29, 1.82) is 0 Å². The molecule has 0 aliphatic carbocycles. The molecule has 0 spiro atoms. The minimum absolute atomic E-state index is 1.14. The Morgan fingerprint density at radius 3 is 1.31 bits per heavy atom. The lowest BCUT2D eigenvalue weighted by atomic mass is 9.95. The first-order valence-corrected chi connectivity index (χ1v) is 12.4. The van der Waals surface area contributed by atoms with Crippen LogP contribution in [0, 0.1) is 20.8 Å². The number of hydrogen-bond donors (Lipinski definition) is 0. The summed E-state index contributed by atoms with van der Waals surface area (Å²) in [7, 11) is 0. The van der Waals surface area contributed by atoms with Crippen LogP contribution in [0.5, 0.6) is 0 Å². The van der Waals surface area contributed by atoms with Gasteiger partial charge in [0.15, 0.2) is 0 Å². The molecule has 0 unspecified atom stereocenters. The van der Waals surface area contributed by atoms with Gasteiger partial charge in [0.1, 0.15) is 0 Å². The summed E-state index contributed by atoms with van der Waals surface area (Å²) in [6.45, 7) is 6.38. The molecule has 0 heterocycles. The van der Waals surface area contributed by atoms with Crippen LogP contribution in [0.1, 0.15) is 33.4 Å². The Morgan fingerprint density at radius 1 is 0.444 bits per heavy atom. The maximum Gasteiger partial charge on any atom is 0.0462 e. The molecule has 0 aliphatic heterocycles. The summed E-state index contributed by atoms with van der Waals surface area (Å²) in [5.74, 6) is 0. The Kier molecular flexibility index (Phi) is 6.82. The molecule has 0 aromatic heterocycles. The SMILES string of the molecule is Cc1ccc(C(=Cc2ccc(N(c3ccc(C)cc3)c3ccc(C)cc3)cc2)c2ccccc2)cc1. The molecule has 5 aromatic rings. The standard InChI is InChI=1S/C35H31N/c1-26-9-17-31(18-10-26)35(30-7-5-4-6-8-30)25-29-15-23-34(24-16-29)36(32-19-11-27(2)12-20-32)33-21-13-28(3)14-22-33/h4-25H,1-3H3. The molecule has 5 aromatic carbocycles. The van der Waals surface area contributed by atoms with Gasteiger partial charge in [0.05, 0.1) is 0 Å². The number of aryl methyl sites for hydroxylation is 3. The highest BCUT2D eigenvalue weighted by Gasteiger charge is 2.12. The van der Waals surface area contributed by atoms with E-state index in [1.165, 1.54) is 39.0 Å². The maximum absolute atomic E-state index is 2.31. The molecule has 0 N–H and O–H groups in total.